The van der Waals surface area contributed by atoms with E-state index in [4.69, 9.17) is 0 Å². The van der Waals surface area contributed by atoms with Gasteiger partial charge in [-0.3, -0.25) is 9.59 Å². The Labute approximate surface area is 144 Å². The minimum Gasteiger partial charge on any atom is -0.352 e. The standard InChI is InChI=1S/C19H29N3O2/c1-19(2,3)18(24)21-13-14-5-7-15(8-6-14)17(23)22-11-9-16(20-4)10-12-22/h5-8,16,20H,9-13H2,1-4H3,(H,21,24). The van der Waals surface area contributed by atoms with Crippen molar-refractivity contribution in [3.8, 4) is 0 Å². The van der Waals surface area contributed by atoms with Gasteiger partial charge < -0.3 is 15.5 Å². The van der Waals surface area contributed by atoms with Crippen molar-refractivity contribution in [3.63, 3.8) is 0 Å². The van der Waals surface area contributed by atoms with Gasteiger partial charge in [0.25, 0.3) is 5.91 Å². The van der Waals surface area contributed by atoms with Gasteiger partial charge in [0.15, 0.2) is 0 Å². The Bertz CT molecular complexity index is 567. The molecule has 1 aromatic carbocycles. The second-order valence-electron chi connectivity index (χ2n) is 7.48. The molecule has 0 atom stereocenters. The Morgan fingerprint density at radius 2 is 1.71 bits per heavy atom. The molecule has 2 amide bonds. The van der Waals surface area contributed by atoms with Crippen molar-refractivity contribution in [2.75, 3.05) is 20.1 Å². The number of hydrogen-bond acceptors (Lipinski definition) is 3. The maximum atomic E-state index is 12.5. The zero-order valence-electron chi connectivity index (χ0n) is 15.2. The normalized spacial score (nSPS) is 16.1. The Hall–Kier alpha value is -1.88. The third-order valence-electron chi connectivity index (χ3n) is 4.53. The molecule has 0 aromatic heterocycles. The fourth-order valence-electron chi connectivity index (χ4n) is 2.77. The molecule has 5 nitrogen and oxygen atoms in total. The van der Waals surface area contributed by atoms with Crippen molar-refractivity contribution in [1.82, 2.24) is 15.5 Å². The van der Waals surface area contributed by atoms with Gasteiger partial charge in [0, 0.05) is 36.7 Å². The van der Waals surface area contributed by atoms with Crippen LogP contribution in [0.5, 0.6) is 0 Å². The fourth-order valence-corrected chi connectivity index (χ4v) is 2.77. The maximum Gasteiger partial charge on any atom is 0.253 e. The van der Waals surface area contributed by atoms with E-state index in [0.717, 1.165) is 31.5 Å². The number of benzene rings is 1. The summed E-state index contributed by atoms with van der Waals surface area (Å²) in [6, 6.07) is 8.05. The Morgan fingerprint density at radius 1 is 1.12 bits per heavy atom. The molecule has 132 valence electrons. The van der Waals surface area contributed by atoms with Crippen LogP contribution in [0.3, 0.4) is 0 Å². The number of likely N-dealkylation sites (tertiary alicyclic amines) is 1. The van der Waals surface area contributed by atoms with Gasteiger partial charge in [-0.25, -0.2) is 0 Å². The number of rotatable bonds is 4. The van der Waals surface area contributed by atoms with E-state index in [1.54, 1.807) is 0 Å². The van der Waals surface area contributed by atoms with Crippen LogP contribution < -0.4 is 10.6 Å². The van der Waals surface area contributed by atoms with Crippen LogP contribution in [0.2, 0.25) is 0 Å². The minimum atomic E-state index is -0.393. The van der Waals surface area contributed by atoms with Crippen LogP contribution in [0.15, 0.2) is 24.3 Å². The lowest BCUT2D eigenvalue weighted by atomic mass is 9.95. The maximum absolute atomic E-state index is 12.5. The van der Waals surface area contributed by atoms with Crippen LogP contribution in [-0.4, -0.2) is 42.9 Å². The summed E-state index contributed by atoms with van der Waals surface area (Å²) >= 11 is 0. The number of carbonyl (C=O) groups excluding carboxylic acids is 2. The first-order valence-corrected chi connectivity index (χ1v) is 8.65. The number of nitrogens with one attached hydrogen (secondary N) is 2. The van der Waals surface area contributed by atoms with Crippen molar-refractivity contribution >= 4 is 11.8 Å². The van der Waals surface area contributed by atoms with Crippen molar-refractivity contribution < 1.29 is 9.59 Å². The quantitative estimate of drug-likeness (QED) is 0.889. The first-order valence-electron chi connectivity index (χ1n) is 8.65. The predicted molar refractivity (Wildman–Crippen MR) is 95.7 cm³/mol. The summed E-state index contributed by atoms with van der Waals surface area (Å²) in [6.07, 6.45) is 2.00. The van der Waals surface area contributed by atoms with Crippen molar-refractivity contribution in [1.29, 1.82) is 0 Å². The molecule has 0 bridgehead atoms. The summed E-state index contributed by atoms with van der Waals surface area (Å²) in [6.45, 7) is 7.75. The lowest BCUT2D eigenvalue weighted by molar-refractivity contribution is -0.128. The fraction of sp³-hybridized carbons (Fsp3) is 0.579. The molecule has 2 rings (SSSR count). The Kier molecular flexibility index (Phi) is 5.99. The van der Waals surface area contributed by atoms with Crippen molar-refractivity contribution in [3.05, 3.63) is 35.4 Å². The Balaban J connectivity index is 1.90. The summed E-state index contributed by atoms with van der Waals surface area (Å²) in [5.41, 5.74) is 1.32. The van der Waals surface area contributed by atoms with E-state index in [1.807, 2.05) is 57.0 Å². The highest BCUT2D eigenvalue weighted by molar-refractivity contribution is 5.94. The molecule has 1 aromatic rings. The van der Waals surface area contributed by atoms with Crippen molar-refractivity contribution in [2.24, 2.45) is 5.41 Å². The van der Waals surface area contributed by atoms with Crippen LogP contribution in [-0.2, 0) is 11.3 Å². The van der Waals surface area contributed by atoms with E-state index in [-0.39, 0.29) is 11.8 Å². The molecule has 0 saturated carbocycles. The van der Waals surface area contributed by atoms with Crippen LogP contribution in [0, 0.1) is 5.41 Å². The number of piperidine rings is 1. The average Bonchev–Trinajstić information content (AvgIpc) is 2.58. The van der Waals surface area contributed by atoms with Crippen LogP contribution >= 0.6 is 0 Å². The van der Waals surface area contributed by atoms with Gasteiger partial charge in [-0.1, -0.05) is 32.9 Å². The van der Waals surface area contributed by atoms with Crippen LogP contribution in [0.25, 0.3) is 0 Å². The summed E-state index contributed by atoms with van der Waals surface area (Å²) < 4.78 is 0. The molecule has 0 radical (unpaired) electrons. The average molecular weight is 331 g/mol. The van der Waals surface area contributed by atoms with Gasteiger partial charge in [-0.05, 0) is 37.6 Å². The summed E-state index contributed by atoms with van der Waals surface area (Å²) in [5.74, 6) is 0.116. The number of hydrogen-bond donors (Lipinski definition) is 2. The Morgan fingerprint density at radius 3 is 2.21 bits per heavy atom. The van der Waals surface area contributed by atoms with Crippen LogP contribution in [0.1, 0.15) is 49.5 Å². The highest BCUT2D eigenvalue weighted by Crippen LogP contribution is 2.15. The van der Waals surface area contributed by atoms with Gasteiger partial charge in [0.1, 0.15) is 0 Å². The molecule has 1 aliphatic rings. The number of nitrogens with zero attached hydrogens (tertiary/aromatic N) is 1. The summed E-state index contributed by atoms with van der Waals surface area (Å²) in [5, 5.41) is 6.19. The first-order chi connectivity index (χ1) is 11.3. The third kappa shape index (κ3) is 4.81. The minimum absolute atomic E-state index is 0.0232. The van der Waals surface area contributed by atoms with Gasteiger partial charge >= 0.3 is 0 Å². The van der Waals surface area contributed by atoms with Gasteiger partial charge in [0.2, 0.25) is 5.91 Å². The molecular weight excluding hydrogens is 302 g/mol. The lowest BCUT2D eigenvalue weighted by Gasteiger charge is -2.31. The van der Waals surface area contributed by atoms with Crippen molar-refractivity contribution in [2.45, 2.75) is 46.2 Å². The molecule has 1 saturated heterocycles. The molecule has 0 aliphatic carbocycles. The molecule has 0 unspecified atom stereocenters. The monoisotopic (exact) mass is 331 g/mol. The topological polar surface area (TPSA) is 61.4 Å². The number of carbonyl (C=O) groups is 2. The van der Waals surface area contributed by atoms with Crippen LogP contribution in [0.4, 0.5) is 0 Å². The van der Waals surface area contributed by atoms with Gasteiger partial charge in [-0.15, -0.1) is 0 Å². The van der Waals surface area contributed by atoms with E-state index in [2.05, 4.69) is 10.6 Å². The molecular formula is C19H29N3O2. The smallest absolute Gasteiger partial charge is 0.253 e. The molecule has 1 fully saturated rings. The molecule has 24 heavy (non-hydrogen) atoms. The number of amides is 2. The SMILES string of the molecule is CNC1CCN(C(=O)c2ccc(CNC(=O)C(C)(C)C)cc2)CC1. The summed E-state index contributed by atoms with van der Waals surface area (Å²) in [4.78, 5) is 26.4. The second kappa shape index (κ2) is 7.79. The zero-order valence-corrected chi connectivity index (χ0v) is 15.2. The lowest BCUT2D eigenvalue weighted by Crippen LogP contribution is -2.43. The molecule has 0 spiro atoms. The highest BCUT2D eigenvalue weighted by atomic mass is 16.2. The second-order valence-corrected chi connectivity index (χ2v) is 7.48. The van der Waals surface area contributed by atoms with E-state index < -0.39 is 5.41 Å². The van der Waals surface area contributed by atoms with E-state index in [9.17, 15) is 9.59 Å². The van der Waals surface area contributed by atoms with Gasteiger partial charge in [-0.2, -0.15) is 0 Å². The van der Waals surface area contributed by atoms with E-state index in [0.29, 0.717) is 18.2 Å². The molecule has 1 heterocycles. The largest absolute Gasteiger partial charge is 0.352 e. The summed E-state index contributed by atoms with van der Waals surface area (Å²) in [7, 11) is 1.97. The predicted octanol–water partition coefficient (Wildman–Crippen LogP) is 2.17. The molecule has 1 aliphatic heterocycles. The third-order valence-corrected chi connectivity index (χ3v) is 4.53. The highest BCUT2D eigenvalue weighted by Gasteiger charge is 2.23. The molecule has 2 N–H and O–H groups in total. The molecule has 5 heteroatoms. The van der Waals surface area contributed by atoms with E-state index in [1.165, 1.54) is 0 Å². The first kappa shape index (κ1) is 18.5. The zero-order chi connectivity index (χ0) is 17.7. The van der Waals surface area contributed by atoms with Gasteiger partial charge in [0.05, 0.1) is 0 Å². The van der Waals surface area contributed by atoms with E-state index >= 15 is 0 Å².